The molecule has 1 aliphatic heterocycles. The van der Waals surface area contributed by atoms with Crippen molar-refractivity contribution >= 4 is 45.7 Å². The summed E-state index contributed by atoms with van der Waals surface area (Å²) in [6.45, 7) is 0.892. The van der Waals surface area contributed by atoms with Crippen molar-refractivity contribution in [1.29, 1.82) is 0 Å². The van der Waals surface area contributed by atoms with E-state index in [9.17, 15) is 18.8 Å². The molecule has 0 saturated carbocycles. The average Bonchev–Trinajstić information content (AvgIpc) is 3.40. The van der Waals surface area contributed by atoms with E-state index < -0.39 is 22.9 Å². The summed E-state index contributed by atoms with van der Waals surface area (Å²) < 4.78 is 22.7. The molecule has 0 aliphatic carbocycles. The molecule has 158 valence electrons. The summed E-state index contributed by atoms with van der Waals surface area (Å²) in [5.74, 6) is -2.63. The van der Waals surface area contributed by atoms with Crippen molar-refractivity contribution in [2.45, 2.75) is 12.5 Å². The maximum absolute atomic E-state index is 13.2. The molecule has 0 unspecified atom stereocenters. The summed E-state index contributed by atoms with van der Waals surface area (Å²) in [4.78, 5) is 44.6. The molecule has 1 saturated heterocycles. The topological polar surface area (TPSA) is 128 Å². The molecule has 1 fully saturated rings. The summed E-state index contributed by atoms with van der Waals surface area (Å²) >= 11 is 0.669. The lowest BCUT2D eigenvalue weighted by Gasteiger charge is -2.10. The third-order valence-electron chi connectivity index (χ3n) is 3.88. The first-order valence-corrected chi connectivity index (χ1v) is 9.52. The molecular weight excluding hydrogens is 419 g/mol. The Bertz CT molecular complexity index is 956. The van der Waals surface area contributed by atoms with E-state index in [1.165, 1.54) is 24.3 Å². The number of amides is 2. The average molecular weight is 436 g/mol. The van der Waals surface area contributed by atoms with Crippen molar-refractivity contribution in [2.75, 3.05) is 31.0 Å². The number of carbonyl (C=O) groups excluding carboxylic acids is 3. The molecule has 1 aromatic heterocycles. The number of ether oxygens (including phenoxy) is 2. The third kappa shape index (κ3) is 5.58. The monoisotopic (exact) mass is 436 g/mol. The zero-order valence-electron chi connectivity index (χ0n) is 15.7. The number of oxime groups is 1. The van der Waals surface area contributed by atoms with Crippen LogP contribution in [0.5, 0.6) is 0 Å². The number of benzene rings is 1. The van der Waals surface area contributed by atoms with E-state index >= 15 is 0 Å². The quantitative estimate of drug-likeness (QED) is 0.304. The number of aromatic nitrogens is 1. The minimum atomic E-state index is -1.04. The molecule has 10 nitrogen and oxygen atoms in total. The van der Waals surface area contributed by atoms with E-state index in [0.717, 1.165) is 13.3 Å². The van der Waals surface area contributed by atoms with Gasteiger partial charge in [-0.1, -0.05) is 28.6 Å². The van der Waals surface area contributed by atoms with E-state index in [1.54, 1.807) is 0 Å². The standard InChI is InChI=1S/C18H17FN4O6S/c1-27-17(26)16(25)21-11-4-2-10(3-5-11)14(23-29-12-6-7-28-9-12)15(24)22-18-20-8-13(19)30-18/h2-5,8,12H,6-7,9H2,1H3,(H,21,25)(H,20,22,24)/b23-14+/t12-/m1/s1. The Morgan fingerprint density at radius 1 is 1.23 bits per heavy atom. The number of carbonyl (C=O) groups is 3. The van der Waals surface area contributed by atoms with E-state index in [1.807, 2.05) is 0 Å². The van der Waals surface area contributed by atoms with Gasteiger partial charge in [0.2, 0.25) is 0 Å². The highest BCUT2D eigenvalue weighted by Gasteiger charge is 2.21. The second-order valence-electron chi connectivity index (χ2n) is 5.98. The lowest BCUT2D eigenvalue weighted by Crippen LogP contribution is -2.25. The fourth-order valence-electron chi connectivity index (χ4n) is 2.40. The van der Waals surface area contributed by atoms with Gasteiger partial charge >= 0.3 is 11.9 Å². The number of nitrogens with zero attached hydrogens (tertiary/aromatic N) is 2. The van der Waals surface area contributed by atoms with Gasteiger partial charge in [0.1, 0.15) is 0 Å². The first-order valence-electron chi connectivity index (χ1n) is 8.70. The first-order chi connectivity index (χ1) is 14.5. The first kappa shape index (κ1) is 21.3. The highest BCUT2D eigenvalue weighted by Crippen LogP contribution is 2.18. The van der Waals surface area contributed by atoms with Crippen molar-refractivity contribution < 1.29 is 33.1 Å². The second-order valence-corrected chi connectivity index (χ2v) is 6.96. The number of methoxy groups -OCH3 is 1. The van der Waals surface area contributed by atoms with Gasteiger partial charge in [0.05, 0.1) is 26.5 Å². The number of esters is 1. The second kappa shape index (κ2) is 9.89. The summed E-state index contributed by atoms with van der Waals surface area (Å²) in [5.41, 5.74) is 0.587. The number of rotatable bonds is 6. The summed E-state index contributed by atoms with van der Waals surface area (Å²) in [6.07, 6.45) is 1.33. The van der Waals surface area contributed by atoms with Crippen LogP contribution in [-0.4, -0.2) is 54.9 Å². The van der Waals surface area contributed by atoms with Crippen molar-refractivity contribution in [3.05, 3.63) is 41.2 Å². The van der Waals surface area contributed by atoms with E-state index in [4.69, 9.17) is 9.57 Å². The van der Waals surface area contributed by atoms with Crippen molar-refractivity contribution in [2.24, 2.45) is 5.16 Å². The Hall–Kier alpha value is -3.38. The Labute approximate surface area is 174 Å². The van der Waals surface area contributed by atoms with Crippen LogP contribution in [0.25, 0.3) is 0 Å². The summed E-state index contributed by atoms with van der Waals surface area (Å²) in [5, 5.41) is 8.29. The lowest BCUT2D eigenvalue weighted by molar-refractivity contribution is -0.150. The predicted octanol–water partition coefficient (Wildman–Crippen LogP) is 1.54. The molecule has 0 spiro atoms. The van der Waals surface area contributed by atoms with Crippen LogP contribution in [0.4, 0.5) is 15.2 Å². The van der Waals surface area contributed by atoms with Crippen LogP contribution in [-0.2, 0) is 28.7 Å². The molecule has 3 rings (SSSR count). The van der Waals surface area contributed by atoms with Crippen molar-refractivity contribution in [3.8, 4) is 0 Å². The highest BCUT2D eigenvalue weighted by molar-refractivity contribution is 7.14. The van der Waals surface area contributed by atoms with E-state index in [-0.39, 0.29) is 16.9 Å². The normalized spacial score (nSPS) is 16.1. The number of nitrogens with one attached hydrogen (secondary N) is 2. The van der Waals surface area contributed by atoms with Gasteiger partial charge in [-0.25, -0.2) is 9.78 Å². The molecule has 30 heavy (non-hydrogen) atoms. The predicted molar refractivity (Wildman–Crippen MR) is 105 cm³/mol. The van der Waals surface area contributed by atoms with Crippen LogP contribution in [0.15, 0.2) is 35.6 Å². The highest BCUT2D eigenvalue weighted by atomic mass is 32.1. The van der Waals surface area contributed by atoms with Crippen LogP contribution in [0.2, 0.25) is 0 Å². The third-order valence-corrected chi connectivity index (χ3v) is 4.58. The fourth-order valence-corrected chi connectivity index (χ4v) is 2.94. The van der Waals surface area contributed by atoms with Gasteiger partial charge in [-0.15, -0.1) is 0 Å². The van der Waals surface area contributed by atoms with Gasteiger partial charge in [0.15, 0.2) is 22.1 Å². The zero-order chi connectivity index (χ0) is 21.5. The minimum Gasteiger partial charge on any atom is -0.462 e. The lowest BCUT2D eigenvalue weighted by atomic mass is 10.1. The van der Waals surface area contributed by atoms with Crippen LogP contribution in [0.3, 0.4) is 0 Å². The Balaban J connectivity index is 1.78. The number of thiazole rings is 1. The van der Waals surface area contributed by atoms with Gasteiger partial charge in [0, 0.05) is 17.7 Å². The molecule has 1 aliphatic rings. The maximum atomic E-state index is 13.2. The number of halogens is 1. The largest absolute Gasteiger partial charge is 0.462 e. The Morgan fingerprint density at radius 3 is 2.60 bits per heavy atom. The van der Waals surface area contributed by atoms with Crippen LogP contribution in [0.1, 0.15) is 12.0 Å². The zero-order valence-corrected chi connectivity index (χ0v) is 16.5. The molecule has 2 N–H and O–H groups in total. The number of hydrogen-bond acceptors (Lipinski definition) is 9. The number of hydrogen-bond donors (Lipinski definition) is 2. The van der Waals surface area contributed by atoms with Crippen LogP contribution < -0.4 is 10.6 Å². The minimum absolute atomic E-state index is 0.0661. The van der Waals surface area contributed by atoms with Gasteiger partial charge in [-0.05, 0) is 12.1 Å². The summed E-state index contributed by atoms with van der Waals surface area (Å²) in [7, 11) is 1.09. The molecular formula is C18H17FN4O6S. The molecule has 0 bridgehead atoms. The van der Waals surface area contributed by atoms with Gasteiger partial charge in [-0.2, -0.15) is 4.39 Å². The summed E-state index contributed by atoms with van der Waals surface area (Å²) in [6, 6.07) is 5.95. The van der Waals surface area contributed by atoms with Crippen LogP contribution in [0, 0.1) is 5.13 Å². The van der Waals surface area contributed by atoms with Gasteiger partial charge in [-0.3, -0.25) is 14.9 Å². The Kier molecular flexibility index (Phi) is 7.03. The van der Waals surface area contributed by atoms with Gasteiger partial charge < -0.3 is 19.6 Å². The van der Waals surface area contributed by atoms with Crippen LogP contribution >= 0.6 is 11.3 Å². The molecule has 2 amide bonds. The molecule has 1 atom stereocenters. The van der Waals surface area contributed by atoms with Crippen molar-refractivity contribution in [1.82, 2.24) is 4.98 Å². The SMILES string of the molecule is COC(=O)C(=O)Nc1ccc(/C(=N\O[C@@H]2CCOC2)C(=O)Nc2ncc(F)s2)cc1. The van der Waals surface area contributed by atoms with Gasteiger partial charge in [0.25, 0.3) is 5.91 Å². The van der Waals surface area contributed by atoms with E-state index in [2.05, 4.69) is 25.5 Å². The fraction of sp³-hybridized carbons (Fsp3) is 0.278. The Morgan fingerprint density at radius 2 is 2.00 bits per heavy atom. The number of anilines is 2. The van der Waals surface area contributed by atoms with E-state index in [0.29, 0.717) is 42.2 Å². The molecule has 2 heterocycles. The maximum Gasteiger partial charge on any atom is 0.396 e. The molecule has 0 radical (unpaired) electrons. The smallest absolute Gasteiger partial charge is 0.396 e. The van der Waals surface area contributed by atoms with Crippen molar-refractivity contribution in [3.63, 3.8) is 0 Å². The molecule has 12 heteroatoms. The molecule has 2 aromatic rings. The molecule has 1 aromatic carbocycles.